The van der Waals surface area contributed by atoms with Crippen molar-refractivity contribution in [1.82, 2.24) is 5.32 Å². The summed E-state index contributed by atoms with van der Waals surface area (Å²) in [5, 5.41) is 20.9. The summed E-state index contributed by atoms with van der Waals surface area (Å²) in [4.78, 5) is 11.9. The summed E-state index contributed by atoms with van der Waals surface area (Å²) in [6, 6.07) is 3.45. The second kappa shape index (κ2) is 5.79. The third kappa shape index (κ3) is 2.96. The molecule has 0 bridgehead atoms. The van der Waals surface area contributed by atoms with Crippen LogP contribution in [0.5, 0.6) is 0 Å². The Morgan fingerprint density at radius 1 is 1.44 bits per heavy atom. The summed E-state index contributed by atoms with van der Waals surface area (Å²) in [5.74, 6) is -1.21. The normalized spacial score (nSPS) is 11.3. The summed E-state index contributed by atoms with van der Waals surface area (Å²) in [6.45, 7) is 0.879. The zero-order chi connectivity index (χ0) is 13.8. The molecule has 0 saturated carbocycles. The van der Waals surface area contributed by atoms with Gasteiger partial charge in [0.2, 0.25) is 0 Å². The molecule has 0 aliphatic rings. The van der Waals surface area contributed by atoms with E-state index >= 15 is 0 Å². The lowest BCUT2D eigenvalue weighted by molar-refractivity contribution is 0.0653. The van der Waals surface area contributed by atoms with Crippen LogP contribution in [-0.4, -0.2) is 34.9 Å². The van der Waals surface area contributed by atoms with Crippen LogP contribution in [0.4, 0.5) is 10.1 Å². The van der Waals surface area contributed by atoms with E-state index in [0.717, 1.165) is 12.1 Å². The lowest BCUT2D eigenvalue weighted by Crippen LogP contribution is -2.53. The highest BCUT2D eigenvalue weighted by Gasteiger charge is 2.29. The molecule has 1 rings (SSSR count). The van der Waals surface area contributed by atoms with Gasteiger partial charge < -0.3 is 21.3 Å². The zero-order valence-corrected chi connectivity index (χ0v) is 10.1. The molecule has 100 valence electrons. The number of carbonyl (C=O) groups is 1. The molecule has 0 spiro atoms. The number of amides is 1. The molecule has 6 heteroatoms. The molecule has 0 fully saturated rings. The van der Waals surface area contributed by atoms with E-state index in [2.05, 4.69) is 5.32 Å². The highest BCUT2D eigenvalue weighted by atomic mass is 19.1. The quantitative estimate of drug-likeness (QED) is 0.569. The molecule has 18 heavy (non-hydrogen) atoms. The number of nitrogen functional groups attached to an aromatic ring is 1. The highest BCUT2D eigenvalue weighted by Crippen LogP contribution is 2.16. The molecule has 0 heterocycles. The number of aliphatic hydroxyl groups is 2. The van der Waals surface area contributed by atoms with Crippen molar-refractivity contribution in [3.63, 3.8) is 0 Å². The van der Waals surface area contributed by atoms with Gasteiger partial charge in [0.1, 0.15) is 5.82 Å². The van der Waals surface area contributed by atoms with E-state index < -0.39 is 30.5 Å². The Labute approximate surface area is 104 Å². The Morgan fingerprint density at radius 3 is 2.56 bits per heavy atom. The van der Waals surface area contributed by atoms with Gasteiger partial charge in [-0.25, -0.2) is 4.39 Å². The molecular weight excluding hydrogens is 239 g/mol. The van der Waals surface area contributed by atoms with Crippen LogP contribution in [0.2, 0.25) is 0 Å². The Kier molecular flexibility index (Phi) is 4.63. The molecular formula is C12H17FN2O3. The molecule has 5 N–H and O–H groups in total. The second-order valence-corrected chi connectivity index (χ2v) is 4.14. The minimum atomic E-state index is -1.13. The number of aliphatic hydroxyl groups excluding tert-OH is 2. The van der Waals surface area contributed by atoms with E-state index in [1.165, 1.54) is 6.07 Å². The number of benzene rings is 1. The van der Waals surface area contributed by atoms with Crippen molar-refractivity contribution < 1.29 is 19.4 Å². The fourth-order valence-electron chi connectivity index (χ4n) is 1.47. The van der Waals surface area contributed by atoms with Crippen molar-refractivity contribution in [1.29, 1.82) is 0 Å². The van der Waals surface area contributed by atoms with Crippen molar-refractivity contribution in [3.8, 4) is 0 Å². The van der Waals surface area contributed by atoms with Gasteiger partial charge in [0.25, 0.3) is 5.91 Å². The van der Waals surface area contributed by atoms with Gasteiger partial charge in [0, 0.05) is 5.69 Å². The average Bonchev–Trinajstić information content (AvgIpc) is 2.38. The minimum Gasteiger partial charge on any atom is -0.398 e. The molecule has 0 aromatic heterocycles. The lowest BCUT2D eigenvalue weighted by atomic mass is 9.97. The maximum Gasteiger partial charge on any atom is 0.254 e. The molecule has 0 aliphatic heterocycles. The van der Waals surface area contributed by atoms with E-state index in [-0.39, 0.29) is 11.3 Å². The molecule has 1 amide bonds. The number of hydrogen-bond acceptors (Lipinski definition) is 4. The topological polar surface area (TPSA) is 95.6 Å². The number of hydrogen-bond donors (Lipinski definition) is 4. The summed E-state index contributed by atoms with van der Waals surface area (Å²) < 4.78 is 13.1. The number of nitrogens with two attached hydrogens (primary N) is 1. The van der Waals surface area contributed by atoms with Crippen LogP contribution in [0.1, 0.15) is 23.7 Å². The Balaban J connectivity index is 2.97. The van der Waals surface area contributed by atoms with Gasteiger partial charge >= 0.3 is 0 Å². The van der Waals surface area contributed by atoms with Crippen LogP contribution in [-0.2, 0) is 0 Å². The largest absolute Gasteiger partial charge is 0.398 e. The van der Waals surface area contributed by atoms with Crippen molar-refractivity contribution in [2.75, 3.05) is 18.9 Å². The molecule has 5 nitrogen and oxygen atoms in total. The fraction of sp³-hybridized carbons (Fsp3) is 0.417. The number of rotatable bonds is 5. The van der Waals surface area contributed by atoms with E-state index in [0.29, 0.717) is 6.42 Å². The van der Waals surface area contributed by atoms with Crippen LogP contribution in [0, 0.1) is 5.82 Å². The minimum absolute atomic E-state index is 0.0188. The standard InChI is InChI=1S/C12H17FN2O3/c1-2-12(6-16,7-17)15-11(18)9-5-8(13)3-4-10(9)14/h3-5,16-17H,2,6-7,14H2,1H3,(H,15,18). The molecule has 1 aromatic rings. The predicted octanol–water partition coefficient (Wildman–Crippen LogP) is 0.271. The number of anilines is 1. The van der Waals surface area contributed by atoms with Crippen LogP contribution in [0.15, 0.2) is 18.2 Å². The smallest absolute Gasteiger partial charge is 0.254 e. The van der Waals surface area contributed by atoms with E-state index in [1.54, 1.807) is 6.92 Å². The van der Waals surface area contributed by atoms with Crippen LogP contribution in [0.3, 0.4) is 0 Å². The molecule has 0 aliphatic carbocycles. The maximum absolute atomic E-state index is 13.1. The van der Waals surface area contributed by atoms with Gasteiger partial charge in [-0.1, -0.05) is 6.92 Å². The second-order valence-electron chi connectivity index (χ2n) is 4.14. The maximum atomic E-state index is 13.1. The van der Waals surface area contributed by atoms with Crippen molar-refractivity contribution in [3.05, 3.63) is 29.6 Å². The summed E-state index contributed by atoms with van der Waals surface area (Å²) >= 11 is 0. The first-order valence-corrected chi connectivity index (χ1v) is 5.57. The van der Waals surface area contributed by atoms with E-state index in [9.17, 15) is 19.4 Å². The van der Waals surface area contributed by atoms with Gasteiger partial charge in [-0.05, 0) is 24.6 Å². The molecule has 1 aromatic carbocycles. The first-order valence-electron chi connectivity index (χ1n) is 5.57. The van der Waals surface area contributed by atoms with Gasteiger partial charge in [-0.3, -0.25) is 4.79 Å². The average molecular weight is 256 g/mol. The highest BCUT2D eigenvalue weighted by molar-refractivity contribution is 5.99. The first kappa shape index (κ1) is 14.4. The monoisotopic (exact) mass is 256 g/mol. The Hall–Kier alpha value is -1.66. The lowest BCUT2D eigenvalue weighted by Gasteiger charge is -2.29. The van der Waals surface area contributed by atoms with Crippen LogP contribution >= 0.6 is 0 Å². The van der Waals surface area contributed by atoms with Gasteiger partial charge in [0.15, 0.2) is 0 Å². The van der Waals surface area contributed by atoms with Crippen molar-refractivity contribution in [2.45, 2.75) is 18.9 Å². The van der Waals surface area contributed by atoms with Crippen molar-refractivity contribution in [2.24, 2.45) is 0 Å². The number of nitrogens with one attached hydrogen (secondary N) is 1. The van der Waals surface area contributed by atoms with Crippen molar-refractivity contribution >= 4 is 11.6 Å². The van der Waals surface area contributed by atoms with Gasteiger partial charge in [-0.2, -0.15) is 0 Å². The van der Waals surface area contributed by atoms with Crippen LogP contribution in [0.25, 0.3) is 0 Å². The summed E-state index contributed by atoms with van der Waals surface area (Å²) in [7, 11) is 0. The third-order valence-corrected chi connectivity index (χ3v) is 2.92. The SMILES string of the molecule is CCC(CO)(CO)NC(=O)c1cc(F)ccc1N. The number of halogens is 1. The molecule has 0 atom stereocenters. The zero-order valence-electron chi connectivity index (χ0n) is 10.1. The van der Waals surface area contributed by atoms with Gasteiger partial charge in [0.05, 0.1) is 24.3 Å². The summed E-state index contributed by atoms with van der Waals surface area (Å²) in [5.41, 5.74) is 4.57. The summed E-state index contributed by atoms with van der Waals surface area (Å²) in [6.07, 6.45) is 0.334. The third-order valence-electron chi connectivity index (χ3n) is 2.92. The van der Waals surface area contributed by atoms with Crippen LogP contribution < -0.4 is 11.1 Å². The van der Waals surface area contributed by atoms with Gasteiger partial charge in [-0.15, -0.1) is 0 Å². The Morgan fingerprint density at radius 2 is 2.06 bits per heavy atom. The fourth-order valence-corrected chi connectivity index (χ4v) is 1.47. The Bertz CT molecular complexity index is 425. The van der Waals surface area contributed by atoms with E-state index in [4.69, 9.17) is 5.73 Å². The molecule has 0 unspecified atom stereocenters. The molecule has 0 radical (unpaired) electrons. The molecule has 0 saturated heterocycles. The predicted molar refractivity (Wildman–Crippen MR) is 65.5 cm³/mol. The first-order chi connectivity index (χ1) is 8.48. The number of carbonyl (C=O) groups excluding carboxylic acids is 1. The van der Waals surface area contributed by atoms with E-state index in [1.807, 2.05) is 0 Å².